The number of carbonyl (C=O) groups excluding carboxylic acids is 2. The lowest BCUT2D eigenvalue weighted by Gasteiger charge is -2.10. The van der Waals surface area contributed by atoms with Gasteiger partial charge in [-0.2, -0.15) is 5.10 Å². The number of esters is 1. The van der Waals surface area contributed by atoms with Crippen LogP contribution in [0.4, 0.5) is 5.69 Å². The number of aromatic nitrogens is 2. The maximum Gasteiger partial charge on any atom is 0.306 e. The second kappa shape index (κ2) is 8.75. The Kier molecular flexibility index (Phi) is 6.92. The molecule has 0 fully saturated rings. The van der Waals surface area contributed by atoms with Crippen LogP contribution in [0.15, 0.2) is 12.1 Å². The van der Waals surface area contributed by atoms with Crippen LogP contribution in [0, 0.1) is 13.8 Å². The number of hydrogen-bond acceptors (Lipinski definition) is 4. The number of nitrogens with zero attached hydrogens (tertiary/aromatic N) is 2. The lowest BCUT2D eigenvalue weighted by atomic mass is 10.1. The number of nitrogens with one attached hydrogen (secondary N) is 1. The van der Waals surface area contributed by atoms with Crippen LogP contribution >= 0.6 is 34.8 Å². The smallest absolute Gasteiger partial charge is 0.306 e. The molecule has 0 unspecified atom stereocenters. The van der Waals surface area contributed by atoms with Gasteiger partial charge in [0.1, 0.15) is 0 Å². The molecule has 0 atom stereocenters. The van der Waals surface area contributed by atoms with E-state index in [0.717, 1.165) is 17.0 Å². The number of hydrogen-bond donors (Lipinski definition) is 1. The largest absolute Gasteiger partial charge is 0.456 e. The summed E-state index contributed by atoms with van der Waals surface area (Å²) in [4.78, 5) is 23.8. The lowest BCUT2D eigenvalue weighted by Crippen LogP contribution is -2.21. The molecule has 1 N–H and O–H groups in total. The quantitative estimate of drug-likeness (QED) is 0.716. The number of amides is 1. The Morgan fingerprint density at radius 3 is 2.35 bits per heavy atom. The van der Waals surface area contributed by atoms with Gasteiger partial charge in [-0.05, 0) is 38.0 Å². The third kappa shape index (κ3) is 5.13. The van der Waals surface area contributed by atoms with E-state index in [4.69, 9.17) is 39.5 Å². The van der Waals surface area contributed by atoms with Gasteiger partial charge in [0.25, 0.3) is 5.91 Å². The molecule has 0 saturated heterocycles. The molecule has 2 rings (SSSR count). The number of anilines is 1. The van der Waals surface area contributed by atoms with Crippen molar-refractivity contribution in [2.75, 3.05) is 11.9 Å². The van der Waals surface area contributed by atoms with Gasteiger partial charge in [-0.3, -0.25) is 14.3 Å². The van der Waals surface area contributed by atoms with Gasteiger partial charge >= 0.3 is 5.97 Å². The van der Waals surface area contributed by atoms with E-state index in [2.05, 4.69) is 10.4 Å². The van der Waals surface area contributed by atoms with Gasteiger partial charge in [-0.25, -0.2) is 0 Å². The van der Waals surface area contributed by atoms with Crippen molar-refractivity contribution < 1.29 is 14.3 Å². The Morgan fingerprint density at radius 1 is 1.19 bits per heavy atom. The summed E-state index contributed by atoms with van der Waals surface area (Å²) in [6, 6.07) is 2.91. The molecule has 1 amide bonds. The second-order valence-corrected chi connectivity index (χ2v) is 6.98. The first-order chi connectivity index (χ1) is 12.2. The average Bonchev–Trinajstić information content (AvgIpc) is 2.79. The zero-order chi connectivity index (χ0) is 19.4. The molecule has 0 spiro atoms. The van der Waals surface area contributed by atoms with Gasteiger partial charge < -0.3 is 10.1 Å². The minimum atomic E-state index is -0.543. The summed E-state index contributed by atoms with van der Waals surface area (Å²) in [5.41, 5.74) is 3.11. The first kappa shape index (κ1) is 20.6. The fourth-order valence-corrected chi connectivity index (χ4v) is 3.37. The van der Waals surface area contributed by atoms with Crippen molar-refractivity contribution in [3.8, 4) is 0 Å². The molecule has 26 heavy (non-hydrogen) atoms. The fraction of sp³-hybridized carbons (Fsp3) is 0.353. The van der Waals surface area contributed by atoms with E-state index in [1.165, 1.54) is 12.1 Å². The molecule has 0 aliphatic rings. The Labute approximate surface area is 166 Å². The Hall–Kier alpha value is -1.76. The molecule has 0 saturated carbocycles. The maximum absolute atomic E-state index is 11.9. The normalized spacial score (nSPS) is 10.7. The number of carbonyl (C=O) groups is 2. The van der Waals surface area contributed by atoms with Gasteiger partial charge in [-0.1, -0.05) is 34.8 Å². The summed E-state index contributed by atoms with van der Waals surface area (Å²) in [6.07, 6.45) is 0.657. The van der Waals surface area contributed by atoms with Crippen LogP contribution in [0.25, 0.3) is 0 Å². The standard InChI is InChI=1S/C17H18Cl3N3O3/c1-9-12(10(2)23(3)22-9)4-5-16(25)26-8-15(24)21-17-13(19)6-11(18)7-14(17)20/h6-7H,4-5,8H2,1-3H3,(H,21,24). The third-order valence-corrected chi connectivity index (χ3v) is 4.69. The highest BCUT2D eigenvalue weighted by molar-refractivity contribution is 6.42. The van der Waals surface area contributed by atoms with Crippen molar-refractivity contribution in [1.82, 2.24) is 9.78 Å². The molecule has 1 heterocycles. The number of ether oxygens (including phenoxy) is 1. The molecule has 0 bridgehead atoms. The van der Waals surface area contributed by atoms with Crippen molar-refractivity contribution in [2.45, 2.75) is 26.7 Å². The van der Waals surface area contributed by atoms with Crippen molar-refractivity contribution >= 4 is 52.4 Å². The van der Waals surface area contributed by atoms with Crippen LogP contribution in [-0.2, 0) is 27.8 Å². The number of rotatable bonds is 6. The van der Waals surface area contributed by atoms with Crippen molar-refractivity contribution in [2.24, 2.45) is 7.05 Å². The third-order valence-electron chi connectivity index (χ3n) is 3.87. The monoisotopic (exact) mass is 417 g/mol. The molecule has 6 nitrogen and oxygen atoms in total. The highest BCUT2D eigenvalue weighted by Gasteiger charge is 2.15. The van der Waals surface area contributed by atoms with E-state index in [-0.39, 0.29) is 22.2 Å². The van der Waals surface area contributed by atoms with Gasteiger partial charge in [0, 0.05) is 24.2 Å². The van der Waals surface area contributed by atoms with E-state index >= 15 is 0 Å². The predicted molar refractivity (Wildman–Crippen MR) is 102 cm³/mol. The molecular weight excluding hydrogens is 401 g/mol. The van der Waals surface area contributed by atoms with E-state index in [9.17, 15) is 9.59 Å². The number of aryl methyl sites for hydroxylation is 2. The Balaban J connectivity index is 1.85. The summed E-state index contributed by atoms with van der Waals surface area (Å²) in [7, 11) is 1.85. The highest BCUT2D eigenvalue weighted by Crippen LogP contribution is 2.33. The summed E-state index contributed by atoms with van der Waals surface area (Å²) < 4.78 is 6.76. The molecule has 0 aliphatic carbocycles. The lowest BCUT2D eigenvalue weighted by molar-refractivity contribution is -0.147. The highest BCUT2D eigenvalue weighted by atomic mass is 35.5. The van der Waals surface area contributed by atoms with E-state index in [0.29, 0.717) is 11.4 Å². The SMILES string of the molecule is Cc1nn(C)c(C)c1CCC(=O)OCC(=O)Nc1c(Cl)cc(Cl)cc1Cl. The summed E-state index contributed by atoms with van der Waals surface area (Å²) in [6.45, 7) is 3.40. The Bertz CT molecular complexity index is 826. The van der Waals surface area contributed by atoms with Crippen molar-refractivity contribution in [3.63, 3.8) is 0 Å². The molecule has 0 aliphatic heterocycles. The molecule has 9 heteroatoms. The van der Waals surface area contributed by atoms with E-state index in [1.807, 2.05) is 20.9 Å². The van der Waals surface area contributed by atoms with Crippen LogP contribution in [0.2, 0.25) is 15.1 Å². The van der Waals surface area contributed by atoms with Crippen LogP contribution < -0.4 is 5.32 Å². The molecule has 1 aromatic carbocycles. The van der Waals surface area contributed by atoms with Crippen molar-refractivity contribution in [3.05, 3.63) is 44.2 Å². The number of halogens is 3. The van der Waals surface area contributed by atoms with Gasteiger partial charge in [-0.15, -0.1) is 0 Å². The molecule has 140 valence electrons. The first-order valence-corrected chi connectivity index (χ1v) is 8.91. The van der Waals surface area contributed by atoms with E-state index < -0.39 is 18.5 Å². The van der Waals surface area contributed by atoms with E-state index in [1.54, 1.807) is 4.68 Å². The van der Waals surface area contributed by atoms with Crippen LogP contribution in [-0.4, -0.2) is 28.3 Å². The maximum atomic E-state index is 11.9. The first-order valence-electron chi connectivity index (χ1n) is 7.78. The molecule has 0 radical (unpaired) electrons. The fourth-order valence-electron chi connectivity index (χ4n) is 2.46. The average molecular weight is 419 g/mol. The summed E-state index contributed by atoms with van der Waals surface area (Å²) in [5.74, 6) is -1.02. The van der Waals surface area contributed by atoms with Gasteiger partial charge in [0.2, 0.25) is 0 Å². The Morgan fingerprint density at radius 2 is 1.81 bits per heavy atom. The van der Waals surface area contributed by atoms with Crippen molar-refractivity contribution in [1.29, 1.82) is 0 Å². The minimum Gasteiger partial charge on any atom is -0.456 e. The molecule has 1 aromatic heterocycles. The second-order valence-electron chi connectivity index (χ2n) is 5.73. The summed E-state index contributed by atoms with van der Waals surface area (Å²) in [5, 5.41) is 7.55. The van der Waals surface area contributed by atoms with Crippen LogP contribution in [0.3, 0.4) is 0 Å². The van der Waals surface area contributed by atoms with Gasteiger partial charge in [0.15, 0.2) is 6.61 Å². The summed E-state index contributed by atoms with van der Waals surface area (Å²) >= 11 is 17.8. The van der Waals surface area contributed by atoms with Gasteiger partial charge in [0.05, 0.1) is 21.4 Å². The molecular formula is C17H18Cl3N3O3. The topological polar surface area (TPSA) is 73.2 Å². The van der Waals surface area contributed by atoms with Crippen LogP contribution in [0.1, 0.15) is 23.4 Å². The minimum absolute atomic E-state index is 0.156. The van der Waals surface area contributed by atoms with Crippen LogP contribution in [0.5, 0.6) is 0 Å². The number of benzene rings is 1. The zero-order valence-electron chi connectivity index (χ0n) is 14.5. The molecule has 2 aromatic rings. The predicted octanol–water partition coefficient (Wildman–Crippen LogP) is 4.11. The zero-order valence-corrected chi connectivity index (χ0v) is 16.8.